The van der Waals surface area contributed by atoms with Gasteiger partial charge in [-0.3, -0.25) is 0 Å². The van der Waals surface area contributed by atoms with Crippen molar-refractivity contribution in [3.63, 3.8) is 0 Å². The van der Waals surface area contributed by atoms with Crippen LogP contribution >= 0.6 is 0 Å². The number of hydrogen-bond acceptors (Lipinski definition) is 2. The molecule has 2 N–H and O–H groups in total. The van der Waals surface area contributed by atoms with E-state index in [1.54, 1.807) is 0 Å². The van der Waals surface area contributed by atoms with E-state index in [1.165, 1.54) is 18.2 Å². The Hall–Kier alpha value is -2.40. The Labute approximate surface area is 93.8 Å². The minimum absolute atomic E-state index is 0.0114. The molecule has 0 aliphatic carbocycles. The lowest BCUT2D eigenvalue weighted by molar-refractivity contribution is 0.450. The second-order valence-corrected chi connectivity index (χ2v) is 3.35. The van der Waals surface area contributed by atoms with Crippen molar-refractivity contribution in [3.8, 4) is 23.3 Å². The summed E-state index contributed by atoms with van der Waals surface area (Å²) in [6.07, 6.45) is 0. The van der Waals surface area contributed by atoms with E-state index in [9.17, 15) is 10.2 Å². The van der Waals surface area contributed by atoms with Crippen molar-refractivity contribution >= 4 is 0 Å². The predicted octanol–water partition coefficient (Wildman–Crippen LogP) is 2.50. The van der Waals surface area contributed by atoms with Gasteiger partial charge in [-0.2, -0.15) is 0 Å². The minimum atomic E-state index is 0.0114. The maximum Gasteiger partial charge on any atom is 0.120 e. The highest BCUT2D eigenvalue weighted by Gasteiger charge is 1.95. The summed E-state index contributed by atoms with van der Waals surface area (Å²) in [4.78, 5) is 0. The van der Waals surface area contributed by atoms with Crippen LogP contribution in [0.25, 0.3) is 0 Å². The Balaban J connectivity index is 2.31. The van der Waals surface area contributed by atoms with Gasteiger partial charge in [0, 0.05) is 17.2 Å². The van der Waals surface area contributed by atoms with Gasteiger partial charge in [-0.25, -0.2) is 0 Å². The SMILES string of the molecule is Oc1cc(O)cc(C#Cc2ccccc2)c1. The van der Waals surface area contributed by atoms with Crippen molar-refractivity contribution in [3.05, 3.63) is 59.7 Å². The van der Waals surface area contributed by atoms with Gasteiger partial charge in [-0.05, 0) is 24.3 Å². The fourth-order valence-corrected chi connectivity index (χ4v) is 1.33. The van der Waals surface area contributed by atoms with Crippen LogP contribution in [-0.2, 0) is 0 Å². The minimum Gasteiger partial charge on any atom is -0.508 e. The van der Waals surface area contributed by atoms with Gasteiger partial charge in [-0.1, -0.05) is 30.0 Å². The summed E-state index contributed by atoms with van der Waals surface area (Å²) in [7, 11) is 0. The zero-order valence-electron chi connectivity index (χ0n) is 8.51. The number of aromatic hydroxyl groups is 2. The fourth-order valence-electron chi connectivity index (χ4n) is 1.33. The zero-order chi connectivity index (χ0) is 11.4. The molecule has 0 saturated heterocycles. The molecule has 2 nitrogen and oxygen atoms in total. The molecule has 0 aliphatic heterocycles. The Morgan fingerprint density at radius 1 is 0.688 bits per heavy atom. The summed E-state index contributed by atoms with van der Waals surface area (Å²) >= 11 is 0. The average molecular weight is 210 g/mol. The van der Waals surface area contributed by atoms with Crippen LogP contribution in [0.2, 0.25) is 0 Å². The van der Waals surface area contributed by atoms with Crippen LogP contribution < -0.4 is 0 Å². The second kappa shape index (κ2) is 4.41. The van der Waals surface area contributed by atoms with E-state index in [1.807, 2.05) is 30.3 Å². The zero-order valence-corrected chi connectivity index (χ0v) is 8.51. The molecule has 0 spiro atoms. The molecule has 2 aromatic carbocycles. The number of benzene rings is 2. The van der Waals surface area contributed by atoms with E-state index < -0.39 is 0 Å². The van der Waals surface area contributed by atoms with Gasteiger partial charge in [0.1, 0.15) is 11.5 Å². The third-order valence-electron chi connectivity index (χ3n) is 2.03. The molecule has 0 radical (unpaired) electrons. The van der Waals surface area contributed by atoms with Crippen molar-refractivity contribution in [1.29, 1.82) is 0 Å². The number of phenolic OH excluding ortho intramolecular Hbond substituents is 2. The van der Waals surface area contributed by atoms with Crippen LogP contribution in [0.15, 0.2) is 48.5 Å². The summed E-state index contributed by atoms with van der Waals surface area (Å²) in [6, 6.07) is 13.8. The Morgan fingerprint density at radius 2 is 1.25 bits per heavy atom. The highest BCUT2D eigenvalue weighted by Crippen LogP contribution is 2.19. The molecule has 0 heterocycles. The topological polar surface area (TPSA) is 40.5 Å². The normalized spacial score (nSPS) is 9.25. The van der Waals surface area contributed by atoms with Crippen molar-refractivity contribution in [2.45, 2.75) is 0 Å². The standard InChI is InChI=1S/C14H10O2/c15-13-8-12(9-14(16)10-13)7-6-11-4-2-1-3-5-11/h1-5,8-10,15-16H. The lowest BCUT2D eigenvalue weighted by Crippen LogP contribution is -1.76. The molecule has 0 unspecified atom stereocenters. The maximum atomic E-state index is 9.26. The van der Waals surface area contributed by atoms with Crippen molar-refractivity contribution in [1.82, 2.24) is 0 Å². The summed E-state index contributed by atoms with van der Waals surface area (Å²) < 4.78 is 0. The van der Waals surface area contributed by atoms with Crippen LogP contribution in [0, 0.1) is 11.8 Å². The molecule has 0 aliphatic rings. The van der Waals surface area contributed by atoms with Crippen LogP contribution in [-0.4, -0.2) is 10.2 Å². The van der Waals surface area contributed by atoms with Crippen LogP contribution in [0.3, 0.4) is 0 Å². The molecule has 0 amide bonds. The first-order valence-corrected chi connectivity index (χ1v) is 4.84. The predicted molar refractivity (Wildman–Crippen MR) is 62.2 cm³/mol. The summed E-state index contributed by atoms with van der Waals surface area (Å²) in [5.74, 6) is 5.84. The third-order valence-corrected chi connectivity index (χ3v) is 2.03. The molecule has 0 fully saturated rings. The van der Waals surface area contributed by atoms with Crippen LogP contribution in [0.4, 0.5) is 0 Å². The quantitative estimate of drug-likeness (QED) is 0.656. The van der Waals surface area contributed by atoms with Gasteiger partial charge in [0.2, 0.25) is 0 Å². The highest BCUT2D eigenvalue weighted by molar-refractivity contribution is 5.48. The molecule has 78 valence electrons. The first kappa shape index (κ1) is 10.1. The molecule has 0 saturated carbocycles. The molecular formula is C14H10O2. The van der Waals surface area contributed by atoms with Crippen molar-refractivity contribution < 1.29 is 10.2 Å². The smallest absolute Gasteiger partial charge is 0.120 e. The second-order valence-electron chi connectivity index (χ2n) is 3.35. The largest absolute Gasteiger partial charge is 0.508 e. The summed E-state index contributed by atoms with van der Waals surface area (Å²) in [5.41, 5.74) is 1.48. The molecule has 0 atom stereocenters. The van der Waals surface area contributed by atoms with E-state index in [0.29, 0.717) is 5.56 Å². The summed E-state index contributed by atoms with van der Waals surface area (Å²) in [6.45, 7) is 0. The number of phenols is 2. The van der Waals surface area contributed by atoms with Gasteiger partial charge < -0.3 is 10.2 Å². The molecular weight excluding hydrogens is 200 g/mol. The molecule has 2 aromatic rings. The van der Waals surface area contributed by atoms with Crippen LogP contribution in [0.1, 0.15) is 11.1 Å². The molecule has 0 bridgehead atoms. The number of hydrogen-bond donors (Lipinski definition) is 2. The van der Waals surface area contributed by atoms with Crippen LogP contribution in [0.5, 0.6) is 11.5 Å². The molecule has 2 rings (SSSR count). The van der Waals surface area contributed by atoms with E-state index >= 15 is 0 Å². The Kier molecular flexibility index (Phi) is 2.79. The van der Waals surface area contributed by atoms with E-state index in [0.717, 1.165) is 5.56 Å². The van der Waals surface area contributed by atoms with E-state index in [4.69, 9.17) is 0 Å². The Bertz CT molecular complexity index is 528. The first-order chi connectivity index (χ1) is 7.74. The molecule has 16 heavy (non-hydrogen) atoms. The highest BCUT2D eigenvalue weighted by atomic mass is 16.3. The average Bonchev–Trinajstić information content (AvgIpc) is 2.27. The van der Waals surface area contributed by atoms with E-state index in [-0.39, 0.29) is 11.5 Å². The molecule has 2 heteroatoms. The lowest BCUT2D eigenvalue weighted by Gasteiger charge is -1.95. The maximum absolute atomic E-state index is 9.26. The van der Waals surface area contributed by atoms with Gasteiger partial charge in [0.25, 0.3) is 0 Å². The van der Waals surface area contributed by atoms with Crippen molar-refractivity contribution in [2.24, 2.45) is 0 Å². The number of rotatable bonds is 0. The molecule has 0 aromatic heterocycles. The van der Waals surface area contributed by atoms with Gasteiger partial charge in [-0.15, -0.1) is 0 Å². The lowest BCUT2D eigenvalue weighted by atomic mass is 10.1. The third kappa shape index (κ3) is 2.55. The first-order valence-electron chi connectivity index (χ1n) is 4.84. The monoisotopic (exact) mass is 210 g/mol. The van der Waals surface area contributed by atoms with Gasteiger partial charge in [0.05, 0.1) is 0 Å². The fraction of sp³-hybridized carbons (Fsp3) is 0. The van der Waals surface area contributed by atoms with Gasteiger partial charge >= 0.3 is 0 Å². The van der Waals surface area contributed by atoms with Crippen molar-refractivity contribution in [2.75, 3.05) is 0 Å². The Morgan fingerprint density at radius 3 is 1.88 bits per heavy atom. The summed E-state index contributed by atoms with van der Waals surface area (Å²) in [5, 5.41) is 18.5. The van der Waals surface area contributed by atoms with Gasteiger partial charge in [0.15, 0.2) is 0 Å². The van der Waals surface area contributed by atoms with E-state index in [2.05, 4.69) is 11.8 Å².